The molecule has 0 radical (unpaired) electrons. The number of aromatic nitrogens is 2. The Hall–Kier alpha value is -8.98. The molecule has 0 bridgehead atoms. The van der Waals surface area contributed by atoms with E-state index >= 15 is 0 Å². The molecule has 0 N–H and O–H groups in total. The summed E-state index contributed by atoms with van der Waals surface area (Å²) in [7, 11) is 0. The van der Waals surface area contributed by atoms with Gasteiger partial charge in [-0.1, -0.05) is 184 Å². The molecule has 2 heterocycles. The number of rotatable bonds is 7. The second kappa shape index (κ2) is 16.1. The van der Waals surface area contributed by atoms with Gasteiger partial charge in [0, 0.05) is 38.3 Å². The van der Waals surface area contributed by atoms with E-state index in [1.165, 1.54) is 127 Å². The summed E-state index contributed by atoms with van der Waals surface area (Å²) in [5.74, 6) is 0. The Bertz CT molecular complexity index is 4170. The smallest absolute Gasteiger partial charge is 0.0541 e. The van der Waals surface area contributed by atoms with Crippen molar-refractivity contribution in [3.05, 3.63) is 266 Å². The first-order chi connectivity index (χ1) is 34.9. The first-order valence-corrected chi connectivity index (χ1v) is 24.7. The Morgan fingerprint density at radius 3 is 1.24 bits per heavy atom. The van der Waals surface area contributed by atoms with Crippen LogP contribution in [-0.2, 0) is 5.41 Å². The van der Waals surface area contributed by atoms with Crippen LogP contribution in [0.15, 0.2) is 255 Å². The quantitative estimate of drug-likeness (QED) is 0.151. The second-order valence-electron chi connectivity index (χ2n) is 19.7. The molecular weight excluding hydrogens is 857 g/mol. The highest BCUT2D eigenvalue weighted by Gasteiger charge is 2.35. The van der Waals surface area contributed by atoms with Crippen LogP contribution < -0.4 is 0 Å². The van der Waals surface area contributed by atoms with Crippen molar-refractivity contribution in [2.45, 2.75) is 19.3 Å². The molecule has 1 aliphatic rings. The van der Waals surface area contributed by atoms with Crippen LogP contribution in [0, 0.1) is 0 Å². The standard InChI is InChI=1S/C69H48N2/c1-69(2)63-27-14-12-25-57(63)58-33-32-56(44-64(58)69)71-67-34-29-49(45-17-6-3-7-18-45)41-61(67)62-43-51(31-36-68(62)71)50-30-35-66-60(42-50)59-26-13-15-28-65(59)70(66)55-24-16-23-48(40-55)54-38-52(46-19-8-4-9-20-46)37-53(39-54)47-21-10-5-11-22-47/h3-44H,1-2H3. The molecule has 0 fully saturated rings. The van der Waals surface area contributed by atoms with Crippen LogP contribution in [-0.4, -0.2) is 9.13 Å². The van der Waals surface area contributed by atoms with Crippen molar-refractivity contribution in [2.75, 3.05) is 0 Å². The van der Waals surface area contributed by atoms with Crippen molar-refractivity contribution in [3.8, 4) is 78.1 Å². The summed E-state index contributed by atoms with van der Waals surface area (Å²) in [6.07, 6.45) is 0. The first kappa shape index (κ1) is 41.0. The first-order valence-electron chi connectivity index (χ1n) is 24.7. The fraction of sp³-hybridized carbons (Fsp3) is 0.0435. The van der Waals surface area contributed by atoms with Gasteiger partial charge in [0.1, 0.15) is 0 Å². The topological polar surface area (TPSA) is 9.86 Å². The van der Waals surface area contributed by atoms with E-state index in [1.807, 2.05) is 0 Å². The summed E-state index contributed by atoms with van der Waals surface area (Å²) in [6, 6.07) is 94.2. The monoisotopic (exact) mass is 904 g/mol. The van der Waals surface area contributed by atoms with Gasteiger partial charge in [-0.15, -0.1) is 0 Å². The fourth-order valence-corrected chi connectivity index (χ4v) is 11.8. The van der Waals surface area contributed by atoms with Crippen molar-refractivity contribution < 1.29 is 0 Å². The van der Waals surface area contributed by atoms with E-state index in [2.05, 4.69) is 278 Å². The van der Waals surface area contributed by atoms with Gasteiger partial charge in [-0.2, -0.15) is 0 Å². The minimum absolute atomic E-state index is 0.0972. The van der Waals surface area contributed by atoms with E-state index in [4.69, 9.17) is 0 Å². The third-order valence-electron chi connectivity index (χ3n) is 15.3. The van der Waals surface area contributed by atoms with Crippen molar-refractivity contribution in [2.24, 2.45) is 0 Å². The highest BCUT2D eigenvalue weighted by Crippen LogP contribution is 2.50. The molecule has 0 saturated heterocycles. The number of para-hydroxylation sites is 1. The molecule has 0 amide bonds. The van der Waals surface area contributed by atoms with Crippen LogP contribution in [0.1, 0.15) is 25.0 Å². The van der Waals surface area contributed by atoms with E-state index < -0.39 is 0 Å². The lowest BCUT2D eigenvalue weighted by Crippen LogP contribution is -2.15. The number of benzene rings is 11. The zero-order valence-corrected chi connectivity index (χ0v) is 39.6. The number of fused-ring (bicyclic) bond motifs is 9. The van der Waals surface area contributed by atoms with E-state index in [9.17, 15) is 0 Å². The molecular formula is C69H48N2. The fourth-order valence-electron chi connectivity index (χ4n) is 11.8. The highest BCUT2D eigenvalue weighted by atomic mass is 15.0. The Balaban J connectivity index is 0.905. The lowest BCUT2D eigenvalue weighted by Gasteiger charge is -2.22. The molecule has 13 aromatic rings. The van der Waals surface area contributed by atoms with Gasteiger partial charge in [0.05, 0.1) is 22.1 Å². The molecule has 0 saturated carbocycles. The minimum atomic E-state index is -0.0972. The molecule has 1 aliphatic carbocycles. The largest absolute Gasteiger partial charge is 0.309 e. The predicted molar refractivity (Wildman–Crippen MR) is 300 cm³/mol. The van der Waals surface area contributed by atoms with E-state index in [-0.39, 0.29) is 5.41 Å². The van der Waals surface area contributed by atoms with Gasteiger partial charge in [-0.05, 0) is 163 Å². The molecule has 334 valence electrons. The molecule has 0 aliphatic heterocycles. The Kier molecular flexibility index (Phi) is 9.28. The third-order valence-corrected chi connectivity index (χ3v) is 15.3. The molecule has 2 heteroatoms. The summed E-state index contributed by atoms with van der Waals surface area (Å²) in [6.45, 7) is 4.73. The summed E-state index contributed by atoms with van der Waals surface area (Å²) in [4.78, 5) is 0. The summed E-state index contributed by atoms with van der Waals surface area (Å²) in [5, 5.41) is 4.95. The van der Waals surface area contributed by atoms with Gasteiger partial charge in [-0.3, -0.25) is 0 Å². The molecule has 71 heavy (non-hydrogen) atoms. The number of nitrogens with zero attached hydrogens (tertiary/aromatic N) is 2. The lowest BCUT2D eigenvalue weighted by atomic mass is 9.82. The molecule has 2 nitrogen and oxygen atoms in total. The molecule has 14 rings (SSSR count). The summed E-state index contributed by atoms with van der Waals surface area (Å²) in [5.41, 5.74) is 24.4. The number of hydrogen-bond acceptors (Lipinski definition) is 0. The lowest BCUT2D eigenvalue weighted by molar-refractivity contribution is 0.660. The molecule has 0 atom stereocenters. The average molecular weight is 905 g/mol. The van der Waals surface area contributed by atoms with Crippen LogP contribution in [0.2, 0.25) is 0 Å². The van der Waals surface area contributed by atoms with Gasteiger partial charge in [0.15, 0.2) is 0 Å². The van der Waals surface area contributed by atoms with E-state index in [0.717, 1.165) is 5.69 Å². The van der Waals surface area contributed by atoms with Crippen LogP contribution in [0.3, 0.4) is 0 Å². The summed E-state index contributed by atoms with van der Waals surface area (Å²) < 4.78 is 4.92. The second-order valence-corrected chi connectivity index (χ2v) is 19.7. The molecule has 2 aromatic heterocycles. The van der Waals surface area contributed by atoms with Crippen LogP contribution >= 0.6 is 0 Å². The van der Waals surface area contributed by atoms with Crippen LogP contribution in [0.25, 0.3) is 122 Å². The van der Waals surface area contributed by atoms with Crippen molar-refractivity contribution >= 4 is 43.6 Å². The average Bonchev–Trinajstić information content (AvgIpc) is 4.03. The highest BCUT2D eigenvalue weighted by molar-refractivity contribution is 6.13. The third kappa shape index (κ3) is 6.63. The van der Waals surface area contributed by atoms with Crippen molar-refractivity contribution in [1.82, 2.24) is 9.13 Å². The van der Waals surface area contributed by atoms with Crippen LogP contribution in [0.4, 0.5) is 0 Å². The van der Waals surface area contributed by atoms with E-state index in [1.54, 1.807) is 0 Å². The summed E-state index contributed by atoms with van der Waals surface area (Å²) >= 11 is 0. The van der Waals surface area contributed by atoms with Gasteiger partial charge in [0.25, 0.3) is 0 Å². The van der Waals surface area contributed by atoms with Crippen LogP contribution in [0.5, 0.6) is 0 Å². The molecule has 11 aromatic carbocycles. The number of hydrogen-bond donors (Lipinski definition) is 0. The Morgan fingerprint density at radius 1 is 0.239 bits per heavy atom. The van der Waals surface area contributed by atoms with Gasteiger partial charge < -0.3 is 9.13 Å². The maximum atomic E-state index is 2.48. The van der Waals surface area contributed by atoms with Crippen molar-refractivity contribution in [1.29, 1.82) is 0 Å². The minimum Gasteiger partial charge on any atom is -0.309 e. The Morgan fingerprint density at radius 2 is 0.648 bits per heavy atom. The van der Waals surface area contributed by atoms with Crippen molar-refractivity contribution in [3.63, 3.8) is 0 Å². The SMILES string of the molecule is CC1(C)c2ccccc2-c2ccc(-n3c4ccc(-c5ccccc5)cc4c4cc(-c5ccc6c(c5)c5ccccc5n6-c5cccc(-c6cc(-c7ccccc7)cc(-c7ccccc7)c6)c5)ccc43)cc21. The van der Waals surface area contributed by atoms with E-state index in [0.29, 0.717) is 0 Å². The normalized spacial score (nSPS) is 12.8. The molecule has 0 unspecified atom stereocenters. The van der Waals surface area contributed by atoms with Gasteiger partial charge in [0.2, 0.25) is 0 Å². The zero-order valence-electron chi connectivity index (χ0n) is 39.6. The molecule has 0 spiro atoms. The van der Waals surface area contributed by atoms with Gasteiger partial charge >= 0.3 is 0 Å². The maximum Gasteiger partial charge on any atom is 0.0541 e. The predicted octanol–water partition coefficient (Wildman–Crippen LogP) is 18.5. The van der Waals surface area contributed by atoms with Gasteiger partial charge in [-0.25, -0.2) is 0 Å². The zero-order chi connectivity index (χ0) is 47.2. The maximum absolute atomic E-state index is 2.48. The Labute approximate surface area is 414 Å².